The molecule has 1 unspecified atom stereocenters. The second-order valence-electron chi connectivity index (χ2n) is 4.25. The minimum atomic E-state index is 0.157. The smallest absolute Gasteiger partial charge is 0.228 e. The van der Waals surface area contributed by atoms with Crippen LogP contribution in [0.1, 0.15) is 20.3 Å². The van der Waals surface area contributed by atoms with E-state index in [2.05, 4.69) is 19.2 Å². The number of amides is 1. The molecule has 2 bridgehead atoms. The Morgan fingerprint density at radius 3 is 2.79 bits per heavy atom. The van der Waals surface area contributed by atoms with Crippen LogP contribution in [0.3, 0.4) is 0 Å². The standard InChI is InChI=1S/C10H15ClN2O/c1-5-6(2)9-10(11)12-7(5)4-8(14)13(9)3/h5-7,12H,4H2,1-3H3/t5-,6?,7-/m0/s1. The fourth-order valence-electron chi connectivity index (χ4n) is 2.31. The summed E-state index contributed by atoms with van der Waals surface area (Å²) in [5.41, 5.74) is 0.943. The molecule has 1 amide bonds. The van der Waals surface area contributed by atoms with Gasteiger partial charge in [-0.25, -0.2) is 0 Å². The Morgan fingerprint density at radius 2 is 2.14 bits per heavy atom. The maximum Gasteiger partial charge on any atom is 0.228 e. The lowest BCUT2D eigenvalue weighted by Gasteiger charge is -2.34. The highest BCUT2D eigenvalue weighted by atomic mass is 35.5. The Morgan fingerprint density at radius 1 is 1.50 bits per heavy atom. The zero-order valence-corrected chi connectivity index (χ0v) is 9.43. The number of allylic oxidation sites excluding steroid dienone is 1. The van der Waals surface area contributed by atoms with Crippen LogP contribution in [0.2, 0.25) is 0 Å². The van der Waals surface area contributed by atoms with E-state index in [1.165, 1.54) is 0 Å². The third-order valence-electron chi connectivity index (χ3n) is 3.52. The zero-order chi connectivity index (χ0) is 10.5. The molecule has 3 heterocycles. The van der Waals surface area contributed by atoms with E-state index >= 15 is 0 Å². The zero-order valence-electron chi connectivity index (χ0n) is 8.67. The SMILES string of the molecule is CC1C2=C(Cl)N[C@@H](CC(=O)N2C)[C@H]1C. The first-order chi connectivity index (χ1) is 6.52. The summed E-state index contributed by atoms with van der Waals surface area (Å²) in [5, 5.41) is 3.85. The molecular formula is C10H15ClN2O. The summed E-state index contributed by atoms with van der Waals surface area (Å²) >= 11 is 6.11. The molecule has 1 fully saturated rings. The van der Waals surface area contributed by atoms with Crippen molar-refractivity contribution in [3.05, 3.63) is 10.9 Å². The molecule has 0 aromatic carbocycles. The molecule has 78 valence electrons. The van der Waals surface area contributed by atoms with Gasteiger partial charge < -0.3 is 10.2 Å². The number of rotatable bonds is 0. The average Bonchev–Trinajstić information content (AvgIpc) is 2.26. The van der Waals surface area contributed by atoms with Crippen LogP contribution in [0.5, 0.6) is 0 Å². The number of carbonyl (C=O) groups is 1. The van der Waals surface area contributed by atoms with E-state index < -0.39 is 0 Å². The third kappa shape index (κ3) is 1.22. The molecule has 0 radical (unpaired) electrons. The predicted molar refractivity (Wildman–Crippen MR) is 55.5 cm³/mol. The van der Waals surface area contributed by atoms with Crippen LogP contribution in [0.4, 0.5) is 0 Å². The van der Waals surface area contributed by atoms with E-state index in [1.807, 2.05) is 0 Å². The molecule has 0 aromatic heterocycles. The molecule has 0 spiro atoms. The van der Waals surface area contributed by atoms with Gasteiger partial charge in [0.15, 0.2) is 0 Å². The lowest BCUT2D eigenvalue weighted by Crippen LogP contribution is -2.40. The summed E-state index contributed by atoms with van der Waals surface area (Å²) in [7, 11) is 1.80. The van der Waals surface area contributed by atoms with Gasteiger partial charge in [-0.2, -0.15) is 0 Å². The van der Waals surface area contributed by atoms with E-state index in [4.69, 9.17) is 11.6 Å². The first-order valence-corrected chi connectivity index (χ1v) is 5.33. The molecule has 1 saturated heterocycles. The summed E-state index contributed by atoms with van der Waals surface area (Å²) in [6, 6.07) is 0.193. The highest BCUT2D eigenvalue weighted by molar-refractivity contribution is 6.29. The van der Waals surface area contributed by atoms with Gasteiger partial charge in [-0.05, 0) is 5.92 Å². The van der Waals surface area contributed by atoms with Gasteiger partial charge in [0.2, 0.25) is 5.91 Å². The first-order valence-electron chi connectivity index (χ1n) is 4.95. The van der Waals surface area contributed by atoms with Crippen LogP contribution >= 0.6 is 11.6 Å². The van der Waals surface area contributed by atoms with Gasteiger partial charge in [-0.15, -0.1) is 0 Å². The monoisotopic (exact) mass is 214 g/mol. The third-order valence-corrected chi connectivity index (χ3v) is 3.82. The number of hydrogen-bond acceptors (Lipinski definition) is 2. The van der Waals surface area contributed by atoms with Gasteiger partial charge in [0.25, 0.3) is 0 Å². The molecule has 0 aromatic rings. The second kappa shape index (κ2) is 3.16. The van der Waals surface area contributed by atoms with Crippen molar-refractivity contribution in [1.82, 2.24) is 10.2 Å². The normalized spacial score (nSPS) is 37.3. The van der Waals surface area contributed by atoms with Crippen molar-refractivity contribution in [3.8, 4) is 0 Å². The van der Waals surface area contributed by atoms with Crippen molar-refractivity contribution in [2.75, 3.05) is 7.05 Å². The minimum absolute atomic E-state index is 0.157. The van der Waals surface area contributed by atoms with Crippen LogP contribution in [0, 0.1) is 11.8 Å². The van der Waals surface area contributed by atoms with Crippen LogP contribution in [-0.2, 0) is 4.79 Å². The van der Waals surface area contributed by atoms with Crippen molar-refractivity contribution in [2.45, 2.75) is 26.3 Å². The number of hydrogen-bond donors (Lipinski definition) is 1. The van der Waals surface area contributed by atoms with Crippen molar-refractivity contribution < 1.29 is 4.79 Å². The number of nitrogens with zero attached hydrogens (tertiary/aromatic N) is 1. The maximum absolute atomic E-state index is 11.7. The molecule has 1 N–H and O–H groups in total. The number of halogens is 1. The van der Waals surface area contributed by atoms with E-state index in [-0.39, 0.29) is 11.9 Å². The van der Waals surface area contributed by atoms with Gasteiger partial charge in [-0.1, -0.05) is 25.4 Å². The summed E-state index contributed by atoms with van der Waals surface area (Å²) in [6.07, 6.45) is 0.543. The Balaban J connectivity index is 2.48. The number of nitrogens with one attached hydrogen (secondary N) is 1. The van der Waals surface area contributed by atoms with Crippen molar-refractivity contribution in [2.24, 2.45) is 11.8 Å². The van der Waals surface area contributed by atoms with Crippen molar-refractivity contribution in [1.29, 1.82) is 0 Å². The fourth-order valence-corrected chi connectivity index (χ4v) is 2.75. The highest BCUT2D eigenvalue weighted by Crippen LogP contribution is 2.37. The predicted octanol–water partition coefficient (Wildman–Crippen LogP) is 1.50. The molecular weight excluding hydrogens is 200 g/mol. The summed E-state index contributed by atoms with van der Waals surface area (Å²) in [6.45, 7) is 4.30. The van der Waals surface area contributed by atoms with Crippen LogP contribution in [0.25, 0.3) is 0 Å². The maximum atomic E-state index is 11.7. The molecule has 4 heteroatoms. The Kier molecular flexibility index (Phi) is 2.22. The van der Waals surface area contributed by atoms with Gasteiger partial charge in [-0.3, -0.25) is 4.79 Å². The van der Waals surface area contributed by atoms with E-state index in [1.54, 1.807) is 11.9 Å². The molecule has 14 heavy (non-hydrogen) atoms. The highest BCUT2D eigenvalue weighted by Gasteiger charge is 2.40. The quantitative estimate of drug-likeness (QED) is 0.620. The lowest BCUT2D eigenvalue weighted by atomic mass is 9.84. The number of fused-ring (bicyclic) bond motifs is 4. The molecule has 0 aliphatic carbocycles. The first kappa shape index (κ1) is 9.84. The molecule has 3 rings (SSSR count). The van der Waals surface area contributed by atoms with E-state index in [0.717, 1.165) is 5.70 Å². The Bertz CT molecular complexity index is 313. The molecule has 0 saturated carbocycles. The van der Waals surface area contributed by atoms with Gasteiger partial charge in [0, 0.05) is 25.4 Å². The Hall–Kier alpha value is -0.700. The minimum Gasteiger partial charge on any atom is -0.371 e. The Labute approximate surface area is 89.1 Å². The van der Waals surface area contributed by atoms with Crippen LogP contribution in [0.15, 0.2) is 10.9 Å². The summed E-state index contributed by atoms with van der Waals surface area (Å²) < 4.78 is 0. The van der Waals surface area contributed by atoms with Crippen molar-refractivity contribution in [3.63, 3.8) is 0 Å². The topological polar surface area (TPSA) is 32.3 Å². The van der Waals surface area contributed by atoms with Crippen molar-refractivity contribution >= 4 is 17.5 Å². The lowest BCUT2D eigenvalue weighted by molar-refractivity contribution is -0.128. The van der Waals surface area contributed by atoms with Gasteiger partial charge in [0.05, 0.1) is 5.70 Å². The fraction of sp³-hybridized carbons (Fsp3) is 0.700. The summed E-state index contributed by atoms with van der Waals surface area (Å²) in [4.78, 5) is 13.4. The van der Waals surface area contributed by atoms with E-state index in [9.17, 15) is 4.79 Å². The molecule has 3 nitrogen and oxygen atoms in total. The van der Waals surface area contributed by atoms with Crippen LogP contribution in [-0.4, -0.2) is 23.9 Å². The average molecular weight is 215 g/mol. The molecule has 3 atom stereocenters. The van der Waals surface area contributed by atoms with Gasteiger partial charge in [0.1, 0.15) is 5.16 Å². The molecule has 3 aliphatic heterocycles. The van der Waals surface area contributed by atoms with E-state index in [0.29, 0.717) is 23.4 Å². The van der Waals surface area contributed by atoms with Gasteiger partial charge >= 0.3 is 0 Å². The second-order valence-corrected chi connectivity index (χ2v) is 4.63. The molecule has 3 aliphatic rings. The largest absolute Gasteiger partial charge is 0.371 e. The van der Waals surface area contributed by atoms with Crippen LogP contribution < -0.4 is 5.32 Å². The number of carbonyl (C=O) groups excluding carboxylic acids is 1. The summed E-state index contributed by atoms with van der Waals surface area (Å²) in [5.74, 6) is 0.968.